The van der Waals surface area contributed by atoms with Crippen molar-refractivity contribution in [2.24, 2.45) is 5.73 Å². The second kappa shape index (κ2) is 5.98. The van der Waals surface area contributed by atoms with Crippen LogP contribution in [0, 0.1) is 6.92 Å². The molecule has 1 rings (SSSR count). The van der Waals surface area contributed by atoms with Crippen molar-refractivity contribution in [3.8, 4) is 0 Å². The van der Waals surface area contributed by atoms with Gasteiger partial charge in [0, 0.05) is 30.6 Å². The molecule has 3 nitrogen and oxygen atoms in total. The van der Waals surface area contributed by atoms with E-state index in [-0.39, 0.29) is 5.91 Å². The minimum Gasteiger partial charge on any atom is -0.393 e. The molecule has 0 radical (unpaired) electrons. The lowest BCUT2D eigenvalue weighted by Crippen LogP contribution is -2.30. The first-order valence-corrected chi connectivity index (χ1v) is 6.01. The van der Waals surface area contributed by atoms with E-state index in [2.05, 4.69) is 0 Å². The first-order valence-electron chi connectivity index (χ1n) is 5.22. The zero-order valence-corrected chi connectivity index (χ0v) is 11.4. The summed E-state index contributed by atoms with van der Waals surface area (Å²) < 4.78 is 0. The zero-order chi connectivity index (χ0) is 13.0. The summed E-state index contributed by atoms with van der Waals surface area (Å²) in [5, 5.41) is 0.596. The summed E-state index contributed by atoms with van der Waals surface area (Å²) >= 11 is 10.8. The molecular formula is C12H15ClN2OS. The number of amides is 1. The van der Waals surface area contributed by atoms with Crippen LogP contribution in [-0.4, -0.2) is 29.4 Å². The van der Waals surface area contributed by atoms with E-state index in [4.69, 9.17) is 29.6 Å². The Morgan fingerprint density at radius 1 is 1.53 bits per heavy atom. The van der Waals surface area contributed by atoms with Crippen LogP contribution in [0.3, 0.4) is 0 Å². The van der Waals surface area contributed by atoms with Crippen LogP contribution in [0.15, 0.2) is 18.2 Å². The average molecular weight is 271 g/mol. The predicted molar refractivity (Wildman–Crippen MR) is 74.6 cm³/mol. The number of carbonyl (C=O) groups is 1. The third-order valence-electron chi connectivity index (χ3n) is 2.54. The van der Waals surface area contributed by atoms with E-state index in [0.29, 0.717) is 28.5 Å². The third-order valence-corrected chi connectivity index (χ3v) is 3.15. The lowest BCUT2D eigenvalue weighted by atomic mass is 10.1. The van der Waals surface area contributed by atoms with Crippen molar-refractivity contribution in [3.05, 3.63) is 34.3 Å². The highest BCUT2D eigenvalue weighted by molar-refractivity contribution is 7.80. The summed E-state index contributed by atoms with van der Waals surface area (Å²) in [6.45, 7) is 2.34. The number of thiocarbonyl (C=S) groups is 1. The number of nitrogens with two attached hydrogens (primary N) is 1. The van der Waals surface area contributed by atoms with Crippen LogP contribution in [0.5, 0.6) is 0 Å². The fraction of sp³-hybridized carbons (Fsp3) is 0.333. The van der Waals surface area contributed by atoms with E-state index in [1.807, 2.05) is 6.92 Å². The molecule has 0 aromatic heterocycles. The molecule has 0 saturated heterocycles. The fourth-order valence-electron chi connectivity index (χ4n) is 1.42. The molecule has 1 aromatic carbocycles. The van der Waals surface area contributed by atoms with E-state index in [9.17, 15) is 4.79 Å². The van der Waals surface area contributed by atoms with Gasteiger partial charge in [-0.2, -0.15) is 0 Å². The summed E-state index contributed by atoms with van der Waals surface area (Å²) in [4.78, 5) is 14.1. The van der Waals surface area contributed by atoms with Gasteiger partial charge < -0.3 is 10.6 Å². The second-order valence-corrected chi connectivity index (χ2v) is 4.79. The monoisotopic (exact) mass is 270 g/mol. The molecule has 0 aliphatic rings. The third kappa shape index (κ3) is 3.68. The molecule has 0 spiro atoms. The molecule has 1 aromatic rings. The minimum absolute atomic E-state index is 0.0683. The van der Waals surface area contributed by atoms with Gasteiger partial charge >= 0.3 is 0 Å². The van der Waals surface area contributed by atoms with E-state index in [1.54, 1.807) is 30.1 Å². The SMILES string of the molecule is Cc1c(Cl)cccc1C(=O)N(C)CCC(N)=S. The van der Waals surface area contributed by atoms with Crippen LogP contribution in [0.2, 0.25) is 5.02 Å². The van der Waals surface area contributed by atoms with Gasteiger partial charge in [0.05, 0.1) is 4.99 Å². The van der Waals surface area contributed by atoms with Gasteiger partial charge in [-0.15, -0.1) is 0 Å². The smallest absolute Gasteiger partial charge is 0.253 e. The van der Waals surface area contributed by atoms with Gasteiger partial charge in [-0.25, -0.2) is 0 Å². The van der Waals surface area contributed by atoms with Gasteiger partial charge in [-0.3, -0.25) is 4.79 Å². The first kappa shape index (κ1) is 13.9. The highest BCUT2D eigenvalue weighted by atomic mass is 35.5. The molecule has 0 saturated carbocycles. The summed E-state index contributed by atoms with van der Waals surface area (Å²) in [5.41, 5.74) is 6.81. The molecule has 2 N–H and O–H groups in total. The van der Waals surface area contributed by atoms with E-state index in [0.717, 1.165) is 5.56 Å². The maximum absolute atomic E-state index is 12.1. The normalized spacial score (nSPS) is 10.1. The van der Waals surface area contributed by atoms with Gasteiger partial charge in [0.1, 0.15) is 0 Å². The van der Waals surface area contributed by atoms with Crippen LogP contribution < -0.4 is 5.73 Å². The topological polar surface area (TPSA) is 46.3 Å². The molecule has 17 heavy (non-hydrogen) atoms. The van der Waals surface area contributed by atoms with Crippen LogP contribution in [-0.2, 0) is 0 Å². The van der Waals surface area contributed by atoms with Crippen molar-refractivity contribution >= 4 is 34.7 Å². The average Bonchev–Trinajstić information content (AvgIpc) is 2.28. The number of carbonyl (C=O) groups excluding carboxylic acids is 1. The molecule has 92 valence electrons. The van der Waals surface area contributed by atoms with Crippen molar-refractivity contribution in [1.29, 1.82) is 0 Å². The number of rotatable bonds is 4. The Bertz CT molecular complexity index is 448. The molecule has 0 heterocycles. The van der Waals surface area contributed by atoms with Crippen LogP contribution in [0.1, 0.15) is 22.3 Å². The van der Waals surface area contributed by atoms with E-state index < -0.39 is 0 Å². The Labute approximate surface area is 112 Å². The standard InChI is InChI=1S/C12H15ClN2OS/c1-8-9(4-3-5-10(8)13)12(16)15(2)7-6-11(14)17/h3-5H,6-7H2,1-2H3,(H2,14,17). The maximum atomic E-state index is 12.1. The van der Waals surface area contributed by atoms with Gasteiger partial charge in [-0.05, 0) is 24.6 Å². The van der Waals surface area contributed by atoms with Crippen molar-refractivity contribution in [1.82, 2.24) is 4.90 Å². The van der Waals surface area contributed by atoms with E-state index >= 15 is 0 Å². The van der Waals surface area contributed by atoms with Crippen LogP contribution >= 0.6 is 23.8 Å². The Morgan fingerprint density at radius 3 is 2.76 bits per heavy atom. The fourth-order valence-corrected chi connectivity index (χ4v) is 1.69. The Morgan fingerprint density at radius 2 is 2.18 bits per heavy atom. The van der Waals surface area contributed by atoms with Crippen molar-refractivity contribution < 1.29 is 4.79 Å². The molecule has 0 unspecified atom stereocenters. The molecular weight excluding hydrogens is 256 g/mol. The maximum Gasteiger partial charge on any atom is 0.253 e. The number of hydrogen-bond donors (Lipinski definition) is 1. The quantitative estimate of drug-likeness (QED) is 0.855. The number of benzene rings is 1. The van der Waals surface area contributed by atoms with Gasteiger partial charge in [0.15, 0.2) is 0 Å². The van der Waals surface area contributed by atoms with E-state index in [1.165, 1.54) is 0 Å². The summed E-state index contributed by atoms with van der Waals surface area (Å²) in [5.74, 6) is -0.0683. The van der Waals surface area contributed by atoms with Gasteiger partial charge in [0.2, 0.25) is 0 Å². The first-order chi connectivity index (χ1) is 7.93. The number of nitrogens with zero attached hydrogens (tertiary/aromatic N) is 1. The van der Waals surface area contributed by atoms with Crippen molar-refractivity contribution in [2.75, 3.05) is 13.6 Å². The highest BCUT2D eigenvalue weighted by Crippen LogP contribution is 2.19. The highest BCUT2D eigenvalue weighted by Gasteiger charge is 2.15. The van der Waals surface area contributed by atoms with Gasteiger partial charge in [0.25, 0.3) is 5.91 Å². The molecule has 0 atom stereocenters. The Hall–Kier alpha value is -1.13. The van der Waals surface area contributed by atoms with Crippen molar-refractivity contribution in [3.63, 3.8) is 0 Å². The summed E-state index contributed by atoms with van der Waals surface area (Å²) in [6.07, 6.45) is 0.525. The lowest BCUT2D eigenvalue weighted by Gasteiger charge is -2.18. The molecule has 0 aliphatic carbocycles. The van der Waals surface area contributed by atoms with Crippen LogP contribution in [0.4, 0.5) is 0 Å². The largest absolute Gasteiger partial charge is 0.393 e. The molecule has 1 amide bonds. The molecule has 5 heteroatoms. The molecule has 0 bridgehead atoms. The van der Waals surface area contributed by atoms with Crippen LogP contribution in [0.25, 0.3) is 0 Å². The molecule has 0 fully saturated rings. The Balaban J connectivity index is 2.82. The second-order valence-electron chi connectivity index (χ2n) is 3.86. The lowest BCUT2D eigenvalue weighted by molar-refractivity contribution is 0.0798. The van der Waals surface area contributed by atoms with Gasteiger partial charge in [-0.1, -0.05) is 29.9 Å². The zero-order valence-electron chi connectivity index (χ0n) is 9.87. The molecule has 0 aliphatic heterocycles. The van der Waals surface area contributed by atoms with Crippen molar-refractivity contribution in [2.45, 2.75) is 13.3 Å². The summed E-state index contributed by atoms with van der Waals surface area (Å²) in [6, 6.07) is 5.30. The number of hydrogen-bond acceptors (Lipinski definition) is 2. The predicted octanol–water partition coefficient (Wildman–Crippen LogP) is 2.40. The number of halogens is 1. The minimum atomic E-state index is -0.0683. The summed E-state index contributed by atoms with van der Waals surface area (Å²) in [7, 11) is 1.72. The Kier molecular flexibility index (Phi) is 4.90.